The fourth-order valence-corrected chi connectivity index (χ4v) is 3.45. The van der Waals surface area contributed by atoms with Crippen LogP contribution in [-0.2, 0) is 4.79 Å². The van der Waals surface area contributed by atoms with Gasteiger partial charge in [-0.15, -0.1) is 0 Å². The van der Waals surface area contributed by atoms with Crippen LogP contribution in [0.5, 0.6) is 0 Å². The van der Waals surface area contributed by atoms with Crippen LogP contribution >= 0.6 is 0 Å². The number of amides is 1. The molecule has 7 heteroatoms. The number of fused-ring (bicyclic) bond motifs is 1. The molecule has 2 aromatic heterocycles. The number of aromatic nitrogens is 3. The Morgan fingerprint density at radius 3 is 2.31 bits per heavy atom. The average molecular weight is 388 g/mol. The molecule has 0 spiro atoms. The van der Waals surface area contributed by atoms with E-state index in [1.165, 1.54) is 23.7 Å². The number of benzene rings is 2. The van der Waals surface area contributed by atoms with Gasteiger partial charge in [0.2, 0.25) is 11.8 Å². The van der Waals surface area contributed by atoms with Gasteiger partial charge in [-0.05, 0) is 59.7 Å². The zero-order chi connectivity index (χ0) is 20.5. The molecule has 2 aromatic carbocycles. The second-order valence-electron chi connectivity index (χ2n) is 6.68. The highest BCUT2D eigenvalue weighted by Gasteiger charge is 2.23. The van der Waals surface area contributed by atoms with Crippen LogP contribution < -0.4 is 5.73 Å². The Bertz CT molecular complexity index is 1220. The SMILES string of the molecule is CC(=O)n1nc(-c2ccc(F)cc2)c2cc(C(C(N)=O)c3ccncc3)ccc21. The van der Waals surface area contributed by atoms with Crippen molar-refractivity contribution in [2.75, 3.05) is 0 Å². The standard InChI is InChI=1S/C22H17FN4O2/c1-13(28)27-19-7-4-16(20(22(24)29)14-8-10-25-11-9-14)12-18(19)21(26-27)15-2-5-17(23)6-3-15/h2-12,20H,1H3,(H2,24,29). The molecule has 4 aromatic rings. The van der Waals surface area contributed by atoms with Crippen molar-refractivity contribution in [3.63, 3.8) is 0 Å². The van der Waals surface area contributed by atoms with Gasteiger partial charge >= 0.3 is 0 Å². The first-order valence-corrected chi connectivity index (χ1v) is 8.94. The van der Waals surface area contributed by atoms with E-state index in [-0.39, 0.29) is 11.7 Å². The van der Waals surface area contributed by atoms with E-state index in [0.717, 1.165) is 0 Å². The van der Waals surface area contributed by atoms with Crippen molar-refractivity contribution >= 4 is 22.7 Å². The van der Waals surface area contributed by atoms with Crippen molar-refractivity contribution < 1.29 is 14.0 Å². The summed E-state index contributed by atoms with van der Waals surface area (Å²) in [4.78, 5) is 28.3. The number of halogens is 1. The highest BCUT2D eigenvalue weighted by molar-refractivity contribution is 5.99. The summed E-state index contributed by atoms with van der Waals surface area (Å²) < 4.78 is 14.7. The van der Waals surface area contributed by atoms with Gasteiger partial charge in [0.25, 0.3) is 0 Å². The summed E-state index contributed by atoms with van der Waals surface area (Å²) in [6, 6.07) is 14.6. The third-order valence-corrected chi connectivity index (χ3v) is 4.78. The van der Waals surface area contributed by atoms with Crippen molar-refractivity contribution in [1.29, 1.82) is 0 Å². The van der Waals surface area contributed by atoms with Crippen molar-refractivity contribution in [1.82, 2.24) is 14.8 Å². The third-order valence-electron chi connectivity index (χ3n) is 4.78. The number of nitrogens with two attached hydrogens (primary N) is 1. The quantitative estimate of drug-likeness (QED) is 0.579. The molecule has 1 amide bonds. The lowest BCUT2D eigenvalue weighted by molar-refractivity contribution is -0.118. The lowest BCUT2D eigenvalue weighted by Gasteiger charge is -2.14. The van der Waals surface area contributed by atoms with Crippen molar-refractivity contribution in [3.8, 4) is 11.3 Å². The molecular formula is C22H17FN4O2. The van der Waals surface area contributed by atoms with E-state index in [1.807, 2.05) is 0 Å². The number of pyridine rings is 1. The monoisotopic (exact) mass is 388 g/mol. The summed E-state index contributed by atoms with van der Waals surface area (Å²) in [7, 11) is 0. The molecule has 2 heterocycles. The lowest BCUT2D eigenvalue weighted by atomic mass is 9.90. The van der Waals surface area contributed by atoms with Crippen molar-refractivity contribution in [3.05, 3.63) is 83.9 Å². The Hall–Kier alpha value is -3.87. The normalized spacial score (nSPS) is 12.1. The molecule has 4 rings (SSSR count). The fraction of sp³-hybridized carbons (Fsp3) is 0.0909. The molecule has 1 unspecified atom stereocenters. The first-order valence-electron chi connectivity index (χ1n) is 8.94. The van der Waals surface area contributed by atoms with Crippen molar-refractivity contribution in [2.45, 2.75) is 12.8 Å². The Morgan fingerprint density at radius 1 is 1.00 bits per heavy atom. The number of rotatable bonds is 4. The molecule has 0 radical (unpaired) electrons. The molecule has 6 nitrogen and oxygen atoms in total. The highest BCUT2D eigenvalue weighted by Crippen LogP contribution is 2.33. The van der Waals surface area contributed by atoms with Gasteiger partial charge in [0, 0.05) is 30.3 Å². The van der Waals surface area contributed by atoms with E-state index in [4.69, 9.17) is 5.73 Å². The fourth-order valence-electron chi connectivity index (χ4n) is 3.45. The summed E-state index contributed by atoms with van der Waals surface area (Å²) >= 11 is 0. The maximum absolute atomic E-state index is 13.4. The molecule has 144 valence electrons. The summed E-state index contributed by atoms with van der Waals surface area (Å²) in [5.74, 6) is -1.80. The first kappa shape index (κ1) is 18.5. The summed E-state index contributed by atoms with van der Waals surface area (Å²) in [6.07, 6.45) is 3.20. The van der Waals surface area contributed by atoms with Gasteiger partial charge in [0.05, 0.1) is 11.4 Å². The van der Waals surface area contributed by atoms with E-state index in [2.05, 4.69) is 10.1 Å². The largest absolute Gasteiger partial charge is 0.369 e. The molecular weight excluding hydrogens is 371 g/mol. The van der Waals surface area contributed by atoms with Crippen LogP contribution in [0.15, 0.2) is 67.0 Å². The highest BCUT2D eigenvalue weighted by atomic mass is 19.1. The van der Waals surface area contributed by atoms with Crippen LogP contribution in [0.3, 0.4) is 0 Å². The molecule has 29 heavy (non-hydrogen) atoms. The van der Waals surface area contributed by atoms with E-state index in [0.29, 0.717) is 33.3 Å². The molecule has 0 aliphatic heterocycles. The Kier molecular flexibility index (Phi) is 4.64. The predicted molar refractivity (Wildman–Crippen MR) is 107 cm³/mol. The van der Waals surface area contributed by atoms with Gasteiger partial charge in [-0.1, -0.05) is 6.07 Å². The Labute approximate surface area is 165 Å². The van der Waals surface area contributed by atoms with Gasteiger partial charge in [-0.25, -0.2) is 4.39 Å². The minimum atomic E-state index is -0.677. The van der Waals surface area contributed by atoms with E-state index >= 15 is 0 Å². The van der Waals surface area contributed by atoms with Crippen LogP contribution in [-0.4, -0.2) is 26.6 Å². The number of hydrogen-bond donors (Lipinski definition) is 1. The van der Waals surface area contributed by atoms with Gasteiger partial charge in [0.1, 0.15) is 11.5 Å². The number of carbonyl (C=O) groups is 2. The summed E-state index contributed by atoms with van der Waals surface area (Å²) in [5, 5.41) is 5.10. The molecule has 0 saturated carbocycles. The second kappa shape index (κ2) is 7.27. The molecule has 0 bridgehead atoms. The minimum Gasteiger partial charge on any atom is -0.369 e. The summed E-state index contributed by atoms with van der Waals surface area (Å²) in [6.45, 7) is 1.41. The number of nitrogens with zero attached hydrogens (tertiary/aromatic N) is 3. The number of primary amides is 1. The Balaban J connectivity index is 1.94. The summed E-state index contributed by atoms with van der Waals surface area (Å²) in [5.41, 5.74) is 8.85. The minimum absolute atomic E-state index is 0.253. The number of carbonyl (C=O) groups excluding carboxylic acids is 2. The zero-order valence-electron chi connectivity index (χ0n) is 15.5. The zero-order valence-corrected chi connectivity index (χ0v) is 15.5. The smallest absolute Gasteiger partial charge is 0.244 e. The van der Waals surface area contributed by atoms with E-state index in [9.17, 15) is 14.0 Å². The predicted octanol–water partition coefficient (Wildman–Crippen LogP) is 3.51. The van der Waals surface area contributed by atoms with Crippen LogP contribution in [0.2, 0.25) is 0 Å². The molecule has 0 aliphatic carbocycles. The van der Waals surface area contributed by atoms with E-state index < -0.39 is 11.8 Å². The van der Waals surface area contributed by atoms with Gasteiger partial charge < -0.3 is 5.73 Å². The van der Waals surface area contributed by atoms with Gasteiger partial charge in [0.15, 0.2) is 0 Å². The Morgan fingerprint density at radius 2 is 1.69 bits per heavy atom. The molecule has 0 fully saturated rings. The van der Waals surface area contributed by atoms with Crippen LogP contribution in [0, 0.1) is 5.82 Å². The van der Waals surface area contributed by atoms with Crippen LogP contribution in [0.25, 0.3) is 22.2 Å². The van der Waals surface area contributed by atoms with E-state index in [1.54, 1.807) is 54.9 Å². The lowest BCUT2D eigenvalue weighted by Crippen LogP contribution is -2.22. The molecule has 1 atom stereocenters. The van der Waals surface area contributed by atoms with Crippen LogP contribution in [0.1, 0.15) is 28.8 Å². The number of hydrogen-bond acceptors (Lipinski definition) is 4. The second-order valence-corrected chi connectivity index (χ2v) is 6.68. The average Bonchev–Trinajstić information content (AvgIpc) is 3.08. The van der Waals surface area contributed by atoms with Crippen LogP contribution in [0.4, 0.5) is 4.39 Å². The molecule has 2 N–H and O–H groups in total. The maximum atomic E-state index is 13.4. The first-order chi connectivity index (χ1) is 14.0. The topological polar surface area (TPSA) is 90.9 Å². The third kappa shape index (κ3) is 3.38. The van der Waals surface area contributed by atoms with Crippen molar-refractivity contribution in [2.24, 2.45) is 5.73 Å². The maximum Gasteiger partial charge on any atom is 0.244 e. The molecule has 0 aliphatic rings. The molecule has 0 saturated heterocycles. The van der Waals surface area contributed by atoms with Gasteiger partial charge in [-0.3, -0.25) is 14.6 Å². The van der Waals surface area contributed by atoms with Gasteiger partial charge in [-0.2, -0.15) is 9.78 Å².